The Morgan fingerprint density at radius 3 is 2.52 bits per heavy atom. The lowest BCUT2D eigenvalue weighted by Crippen LogP contribution is -2.40. The summed E-state index contributed by atoms with van der Waals surface area (Å²) in [5.74, 6) is 0.205. The Labute approximate surface area is 136 Å². The van der Waals surface area contributed by atoms with Crippen LogP contribution in [0.5, 0.6) is 0 Å². The Morgan fingerprint density at radius 1 is 1.14 bits per heavy atom. The van der Waals surface area contributed by atoms with E-state index in [0.29, 0.717) is 11.8 Å². The molecule has 1 N–H and O–H groups in total. The SMILES string of the molecule is O=C(CCCc1ccccc1)NCC1(CBr)CCCCC1. The van der Waals surface area contributed by atoms with Crippen molar-refractivity contribution >= 4 is 21.8 Å². The van der Waals surface area contributed by atoms with Crippen LogP contribution in [0, 0.1) is 5.41 Å². The predicted octanol–water partition coefficient (Wildman–Crippen LogP) is 4.47. The Kier molecular flexibility index (Phi) is 6.75. The van der Waals surface area contributed by atoms with Gasteiger partial charge in [0.2, 0.25) is 5.91 Å². The molecular formula is C18H26BrNO. The van der Waals surface area contributed by atoms with Gasteiger partial charge in [-0.05, 0) is 36.7 Å². The lowest BCUT2D eigenvalue weighted by Gasteiger charge is -2.35. The third-order valence-corrected chi connectivity index (χ3v) is 5.76. The molecule has 0 atom stereocenters. The summed E-state index contributed by atoms with van der Waals surface area (Å²) in [4.78, 5) is 12.0. The van der Waals surface area contributed by atoms with Crippen LogP contribution in [0.15, 0.2) is 30.3 Å². The summed E-state index contributed by atoms with van der Waals surface area (Å²) >= 11 is 3.65. The van der Waals surface area contributed by atoms with Crippen molar-refractivity contribution in [3.8, 4) is 0 Å². The van der Waals surface area contributed by atoms with Crippen LogP contribution in [-0.4, -0.2) is 17.8 Å². The highest BCUT2D eigenvalue weighted by Crippen LogP contribution is 2.37. The fourth-order valence-corrected chi connectivity index (χ4v) is 3.89. The molecule has 1 aromatic carbocycles. The molecule has 0 unspecified atom stereocenters. The minimum Gasteiger partial charge on any atom is -0.356 e. The van der Waals surface area contributed by atoms with Crippen LogP contribution in [0.3, 0.4) is 0 Å². The smallest absolute Gasteiger partial charge is 0.220 e. The molecule has 1 fully saturated rings. The molecule has 2 rings (SSSR count). The van der Waals surface area contributed by atoms with Crippen LogP contribution >= 0.6 is 15.9 Å². The number of alkyl halides is 1. The first-order chi connectivity index (χ1) is 10.2. The Hall–Kier alpha value is -0.830. The van der Waals surface area contributed by atoms with Crippen LogP contribution in [-0.2, 0) is 11.2 Å². The van der Waals surface area contributed by atoms with Gasteiger partial charge in [-0.15, -0.1) is 0 Å². The van der Waals surface area contributed by atoms with E-state index in [0.717, 1.165) is 24.7 Å². The Bertz CT molecular complexity index is 426. The summed E-state index contributed by atoms with van der Waals surface area (Å²) < 4.78 is 0. The van der Waals surface area contributed by atoms with Crippen molar-refractivity contribution in [1.82, 2.24) is 5.32 Å². The molecule has 3 heteroatoms. The van der Waals surface area contributed by atoms with Crippen molar-refractivity contribution < 1.29 is 4.79 Å². The minimum absolute atomic E-state index is 0.205. The lowest BCUT2D eigenvalue weighted by atomic mass is 9.75. The molecule has 0 aromatic heterocycles. The highest BCUT2D eigenvalue weighted by molar-refractivity contribution is 9.09. The standard InChI is InChI=1S/C18H26BrNO/c19-14-18(12-5-2-6-13-18)15-20-17(21)11-7-10-16-8-3-1-4-9-16/h1,3-4,8-9H,2,5-7,10-15H2,(H,20,21). The minimum atomic E-state index is 0.205. The molecular weight excluding hydrogens is 326 g/mol. The van der Waals surface area contributed by atoms with Gasteiger partial charge in [-0.2, -0.15) is 0 Å². The van der Waals surface area contributed by atoms with E-state index < -0.39 is 0 Å². The van der Waals surface area contributed by atoms with E-state index in [-0.39, 0.29) is 5.91 Å². The van der Waals surface area contributed by atoms with Crippen molar-refractivity contribution in [2.45, 2.75) is 51.4 Å². The number of nitrogens with one attached hydrogen (secondary N) is 1. The van der Waals surface area contributed by atoms with Gasteiger partial charge < -0.3 is 5.32 Å². The highest BCUT2D eigenvalue weighted by atomic mass is 79.9. The molecule has 0 radical (unpaired) electrons. The van der Waals surface area contributed by atoms with Crippen molar-refractivity contribution in [1.29, 1.82) is 0 Å². The maximum atomic E-state index is 12.0. The molecule has 1 amide bonds. The molecule has 21 heavy (non-hydrogen) atoms. The van der Waals surface area contributed by atoms with Gasteiger partial charge in [-0.25, -0.2) is 0 Å². The molecule has 0 aliphatic heterocycles. The molecule has 0 spiro atoms. The fraction of sp³-hybridized carbons (Fsp3) is 0.611. The first-order valence-electron chi connectivity index (χ1n) is 8.11. The quantitative estimate of drug-likeness (QED) is 0.721. The summed E-state index contributed by atoms with van der Waals surface area (Å²) in [6, 6.07) is 10.4. The van der Waals surface area contributed by atoms with Gasteiger partial charge in [0.15, 0.2) is 0 Å². The van der Waals surface area contributed by atoms with Gasteiger partial charge in [0.1, 0.15) is 0 Å². The normalized spacial score (nSPS) is 17.4. The van der Waals surface area contributed by atoms with Crippen LogP contribution in [0.1, 0.15) is 50.5 Å². The zero-order valence-corrected chi connectivity index (χ0v) is 14.3. The number of carbonyl (C=O) groups excluding carboxylic acids is 1. The second kappa shape index (κ2) is 8.57. The van der Waals surface area contributed by atoms with Crippen molar-refractivity contribution in [2.24, 2.45) is 5.41 Å². The topological polar surface area (TPSA) is 29.1 Å². The zero-order valence-electron chi connectivity index (χ0n) is 12.7. The molecule has 0 heterocycles. The highest BCUT2D eigenvalue weighted by Gasteiger charge is 2.31. The van der Waals surface area contributed by atoms with Gasteiger partial charge in [0, 0.05) is 18.3 Å². The molecule has 1 aromatic rings. The Morgan fingerprint density at radius 2 is 1.86 bits per heavy atom. The van der Waals surface area contributed by atoms with Crippen LogP contribution in [0.4, 0.5) is 0 Å². The fourth-order valence-electron chi connectivity index (χ4n) is 3.13. The van der Waals surface area contributed by atoms with E-state index in [9.17, 15) is 4.79 Å². The monoisotopic (exact) mass is 351 g/mol. The lowest BCUT2D eigenvalue weighted by molar-refractivity contribution is -0.121. The van der Waals surface area contributed by atoms with E-state index in [2.05, 4.69) is 45.5 Å². The van der Waals surface area contributed by atoms with E-state index in [4.69, 9.17) is 0 Å². The number of halogens is 1. The van der Waals surface area contributed by atoms with Gasteiger partial charge in [-0.1, -0.05) is 65.5 Å². The van der Waals surface area contributed by atoms with Crippen molar-refractivity contribution in [3.63, 3.8) is 0 Å². The molecule has 0 saturated heterocycles. The average molecular weight is 352 g/mol. The first-order valence-corrected chi connectivity index (χ1v) is 9.23. The predicted molar refractivity (Wildman–Crippen MR) is 91.7 cm³/mol. The third kappa shape index (κ3) is 5.46. The summed E-state index contributed by atoms with van der Waals surface area (Å²) in [6.07, 6.45) is 8.97. The van der Waals surface area contributed by atoms with Crippen LogP contribution in [0.2, 0.25) is 0 Å². The second-order valence-corrected chi connectivity index (χ2v) is 6.87. The van der Waals surface area contributed by atoms with Crippen LogP contribution in [0.25, 0.3) is 0 Å². The maximum Gasteiger partial charge on any atom is 0.220 e. The van der Waals surface area contributed by atoms with E-state index in [1.165, 1.54) is 37.7 Å². The number of rotatable bonds is 7. The molecule has 1 aliphatic rings. The summed E-state index contributed by atoms with van der Waals surface area (Å²) in [5, 5.41) is 4.17. The first kappa shape index (κ1) is 16.5. The van der Waals surface area contributed by atoms with Gasteiger partial charge >= 0.3 is 0 Å². The molecule has 1 saturated carbocycles. The number of aryl methyl sites for hydroxylation is 1. The van der Waals surface area contributed by atoms with E-state index in [1.54, 1.807) is 0 Å². The summed E-state index contributed by atoms with van der Waals surface area (Å²) in [5.41, 5.74) is 1.61. The molecule has 116 valence electrons. The van der Waals surface area contributed by atoms with Gasteiger partial charge in [0.05, 0.1) is 0 Å². The third-order valence-electron chi connectivity index (χ3n) is 4.57. The van der Waals surface area contributed by atoms with Crippen molar-refractivity contribution in [3.05, 3.63) is 35.9 Å². The van der Waals surface area contributed by atoms with E-state index in [1.807, 2.05) is 6.07 Å². The second-order valence-electron chi connectivity index (χ2n) is 6.31. The number of benzene rings is 1. The number of amides is 1. The van der Waals surface area contributed by atoms with Crippen LogP contribution < -0.4 is 5.32 Å². The molecule has 1 aliphatic carbocycles. The molecule has 2 nitrogen and oxygen atoms in total. The van der Waals surface area contributed by atoms with E-state index >= 15 is 0 Å². The molecule has 0 bridgehead atoms. The van der Waals surface area contributed by atoms with Crippen molar-refractivity contribution in [2.75, 3.05) is 11.9 Å². The maximum absolute atomic E-state index is 12.0. The number of hydrogen-bond acceptors (Lipinski definition) is 1. The largest absolute Gasteiger partial charge is 0.356 e. The number of hydrogen-bond donors (Lipinski definition) is 1. The number of carbonyl (C=O) groups is 1. The summed E-state index contributed by atoms with van der Waals surface area (Å²) in [6.45, 7) is 0.836. The summed E-state index contributed by atoms with van der Waals surface area (Å²) in [7, 11) is 0. The van der Waals surface area contributed by atoms with Gasteiger partial charge in [0.25, 0.3) is 0 Å². The average Bonchev–Trinajstić information content (AvgIpc) is 2.55. The Balaban J connectivity index is 1.67. The zero-order chi connectivity index (χ0) is 15.0. The van der Waals surface area contributed by atoms with Gasteiger partial charge in [-0.3, -0.25) is 4.79 Å².